The Hall–Kier alpha value is -2.90. The summed E-state index contributed by atoms with van der Waals surface area (Å²) in [6, 6.07) is 5.19. The minimum absolute atomic E-state index is 0.0301. The topological polar surface area (TPSA) is 93.7 Å². The van der Waals surface area contributed by atoms with Gasteiger partial charge in [0.1, 0.15) is 5.60 Å². The molecule has 1 aromatic heterocycles. The van der Waals surface area contributed by atoms with Crippen molar-refractivity contribution in [2.75, 3.05) is 25.5 Å². The lowest BCUT2D eigenvalue weighted by Gasteiger charge is -2.34. The normalized spacial score (nSPS) is 17.3. The fourth-order valence-electron chi connectivity index (χ4n) is 3.11. The molecule has 8 heteroatoms. The first-order valence-corrected chi connectivity index (χ1v) is 9.35. The molecular weight excluding hydrogens is 360 g/mol. The quantitative estimate of drug-likeness (QED) is 0.810. The van der Waals surface area contributed by atoms with Gasteiger partial charge in [0, 0.05) is 30.7 Å². The maximum absolute atomic E-state index is 12.3. The lowest BCUT2D eigenvalue weighted by molar-refractivity contribution is 0.0206. The Bertz CT molecular complexity index is 878. The van der Waals surface area contributed by atoms with Gasteiger partial charge in [0.25, 0.3) is 0 Å². The van der Waals surface area contributed by atoms with E-state index in [2.05, 4.69) is 15.3 Å². The number of hydrogen-bond donors (Lipinski definition) is 1. The molecule has 150 valence electrons. The van der Waals surface area contributed by atoms with Crippen LogP contribution in [0.1, 0.15) is 44.0 Å². The number of methoxy groups -OCH3 is 1. The van der Waals surface area contributed by atoms with Gasteiger partial charge < -0.3 is 19.7 Å². The Morgan fingerprint density at radius 1 is 1.29 bits per heavy atom. The van der Waals surface area contributed by atoms with E-state index in [-0.39, 0.29) is 12.1 Å². The highest BCUT2D eigenvalue weighted by molar-refractivity contribution is 5.94. The Kier molecular flexibility index (Phi) is 5.67. The van der Waals surface area contributed by atoms with E-state index in [0.29, 0.717) is 30.1 Å². The number of nitrogens with zero attached hydrogens (tertiary/aromatic N) is 3. The van der Waals surface area contributed by atoms with Crippen molar-refractivity contribution in [3.8, 4) is 0 Å². The zero-order valence-electron chi connectivity index (χ0n) is 16.7. The molecule has 1 aliphatic heterocycles. The molecule has 2 aromatic rings. The Morgan fingerprint density at radius 3 is 2.79 bits per heavy atom. The monoisotopic (exact) mass is 386 g/mol. The number of anilines is 1. The molecule has 0 radical (unpaired) electrons. The number of benzene rings is 1. The number of rotatable bonds is 3. The molecule has 1 unspecified atom stereocenters. The molecule has 1 saturated heterocycles. The van der Waals surface area contributed by atoms with E-state index < -0.39 is 11.6 Å². The highest BCUT2D eigenvalue weighted by Gasteiger charge is 2.28. The Labute approximate surface area is 164 Å². The first kappa shape index (κ1) is 19.9. The summed E-state index contributed by atoms with van der Waals surface area (Å²) < 4.78 is 10.2. The van der Waals surface area contributed by atoms with Gasteiger partial charge in [0.2, 0.25) is 5.95 Å². The molecule has 0 saturated carbocycles. The zero-order chi connectivity index (χ0) is 20.3. The number of aromatic nitrogens is 2. The lowest BCUT2D eigenvalue weighted by Crippen LogP contribution is -2.47. The zero-order valence-corrected chi connectivity index (χ0v) is 16.7. The summed E-state index contributed by atoms with van der Waals surface area (Å²) in [6.45, 7) is 6.77. The maximum atomic E-state index is 12.3. The molecule has 1 aliphatic rings. The summed E-state index contributed by atoms with van der Waals surface area (Å²) in [5.41, 5.74) is 0.574. The van der Waals surface area contributed by atoms with Crippen molar-refractivity contribution in [1.82, 2.24) is 14.9 Å². The molecule has 0 bridgehead atoms. The third kappa shape index (κ3) is 4.88. The van der Waals surface area contributed by atoms with Gasteiger partial charge in [-0.05, 0) is 45.7 Å². The molecule has 1 aromatic carbocycles. The minimum Gasteiger partial charge on any atom is -0.465 e. The molecule has 8 nitrogen and oxygen atoms in total. The second-order valence-corrected chi connectivity index (χ2v) is 7.87. The van der Waals surface area contributed by atoms with Crippen LogP contribution in [0, 0.1) is 0 Å². The predicted molar refractivity (Wildman–Crippen MR) is 105 cm³/mol. The first-order chi connectivity index (χ1) is 13.2. The van der Waals surface area contributed by atoms with E-state index in [4.69, 9.17) is 9.47 Å². The van der Waals surface area contributed by atoms with Crippen molar-refractivity contribution in [2.45, 2.75) is 45.3 Å². The summed E-state index contributed by atoms with van der Waals surface area (Å²) in [5.74, 6) is 0.0564. The van der Waals surface area contributed by atoms with E-state index in [1.165, 1.54) is 7.11 Å². The molecule has 1 atom stereocenters. The van der Waals surface area contributed by atoms with Gasteiger partial charge in [-0.3, -0.25) is 0 Å². The van der Waals surface area contributed by atoms with Crippen LogP contribution >= 0.6 is 0 Å². The lowest BCUT2D eigenvalue weighted by atomic mass is 10.1. The van der Waals surface area contributed by atoms with Gasteiger partial charge in [0.05, 0.1) is 18.2 Å². The average molecular weight is 386 g/mol. The van der Waals surface area contributed by atoms with Crippen molar-refractivity contribution in [3.05, 3.63) is 30.0 Å². The highest BCUT2D eigenvalue weighted by Crippen LogP contribution is 2.19. The van der Waals surface area contributed by atoms with Gasteiger partial charge in [-0.1, -0.05) is 6.07 Å². The first-order valence-electron chi connectivity index (χ1n) is 9.35. The second-order valence-electron chi connectivity index (χ2n) is 7.87. The number of ether oxygens (including phenoxy) is 2. The summed E-state index contributed by atoms with van der Waals surface area (Å²) in [4.78, 5) is 34.6. The van der Waals surface area contributed by atoms with Gasteiger partial charge >= 0.3 is 12.1 Å². The van der Waals surface area contributed by atoms with Crippen molar-refractivity contribution >= 4 is 28.9 Å². The number of amides is 1. The molecule has 0 aliphatic carbocycles. The number of fused-ring (bicyclic) bond motifs is 1. The largest absolute Gasteiger partial charge is 0.465 e. The third-order valence-electron chi connectivity index (χ3n) is 4.41. The SMILES string of the molecule is COC(=O)c1ccc2cnc(NC3CCCN(C(=O)OC(C)(C)C)C3)nc2c1. The van der Waals surface area contributed by atoms with Crippen LogP contribution in [-0.4, -0.2) is 58.8 Å². The number of hydrogen-bond acceptors (Lipinski definition) is 7. The van der Waals surface area contributed by atoms with Crippen LogP contribution in [0.25, 0.3) is 10.9 Å². The van der Waals surface area contributed by atoms with Gasteiger partial charge in [-0.2, -0.15) is 0 Å². The molecule has 1 fully saturated rings. The van der Waals surface area contributed by atoms with Crippen LogP contribution in [0.15, 0.2) is 24.4 Å². The maximum Gasteiger partial charge on any atom is 0.410 e. The van der Waals surface area contributed by atoms with E-state index in [1.54, 1.807) is 29.3 Å². The molecule has 0 spiro atoms. The number of piperidine rings is 1. The molecule has 1 N–H and O–H groups in total. The second kappa shape index (κ2) is 8.00. The highest BCUT2D eigenvalue weighted by atomic mass is 16.6. The van der Waals surface area contributed by atoms with E-state index >= 15 is 0 Å². The summed E-state index contributed by atoms with van der Waals surface area (Å²) in [5, 5.41) is 4.13. The number of esters is 1. The fourth-order valence-corrected chi connectivity index (χ4v) is 3.11. The van der Waals surface area contributed by atoms with E-state index in [0.717, 1.165) is 18.2 Å². The van der Waals surface area contributed by atoms with Gasteiger partial charge in [-0.25, -0.2) is 19.6 Å². The van der Waals surface area contributed by atoms with Crippen LogP contribution < -0.4 is 5.32 Å². The van der Waals surface area contributed by atoms with Gasteiger partial charge in [-0.15, -0.1) is 0 Å². The van der Waals surface area contributed by atoms with Crippen molar-refractivity contribution in [2.24, 2.45) is 0 Å². The van der Waals surface area contributed by atoms with Crippen LogP contribution in [0.5, 0.6) is 0 Å². The molecule has 2 heterocycles. The molecule has 28 heavy (non-hydrogen) atoms. The summed E-state index contributed by atoms with van der Waals surface area (Å²) >= 11 is 0. The van der Waals surface area contributed by atoms with E-state index in [9.17, 15) is 9.59 Å². The Balaban J connectivity index is 1.71. The molecule has 1 amide bonds. The third-order valence-corrected chi connectivity index (χ3v) is 4.41. The smallest absolute Gasteiger partial charge is 0.410 e. The predicted octanol–water partition coefficient (Wildman–Crippen LogP) is 3.23. The fraction of sp³-hybridized carbons (Fsp3) is 0.500. The van der Waals surface area contributed by atoms with E-state index in [1.807, 2.05) is 20.8 Å². The average Bonchev–Trinajstić information content (AvgIpc) is 2.65. The van der Waals surface area contributed by atoms with Crippen molar-refractivity contribution in [3.63, 3.8) is 0 Å². The van der Waals surface area contributed by atoms with Crippen molar-refractivity contribution in [1.29, 1.82) is 0 Å². The number of likely N-dealkylation sites (tertiary alicyclic amines) is 1. The van der Waals surface area contributed by atoms with Crippen LogP contribution in [0.3, 0.4) is 0 Å². The number of carbonyl (C=O) groups excluding carboxylic acids is 2. The van der Waals surface area contributed by atoms with Crippen molar-refractivity contribution < 1.29 is 19.1 Å². The Morgan fingerprint density at radius 2 is 2.07 bits per heavy atom. The van der Waals surface area contributed by atoms with Gasteiger partial charge in [0.15, 0.2) is 0 Å². The minimum atomic E-state index is -0.518. The van der Waals surface area contributed by atoms with Crippen LogP contribution in [0.2, 0.25) is 0 Å². The standard InChI is InChI=1S/C20H26N4O4/c1-20(2,3)28-19(26)24-9-5-6-15(12-24)22-18-21-11-14-8-7-13(17(25)27-4)10-16(14)23-18/h7-8,10-11,15H,5-6,9,12H2,1-4H3,(H,21,22,23). The van der Waals surface area contributed by atoms with Crippen LogP contribution in [0.4, 0.5) is 10.7 Å². The number of carbonyl (C=O) groups is 2. The summed E-state index contributed by atoms with van der Waals surface area (Å²) in [6.07, 6.45) is 3.18. The number of nitrogens with one attached hydrogen (secondary N) is 1. The molecular formula is C20H26N4O4. The molecule has 3 rings (SSSR count). The van der Waals surface area contributed by atoms with Crippen LogP contribution in [-0.2, 0) is 9.47 Å². The summed E-state index contributed by atoms with van der Waals surface area (Å²) in [7, 11) is 1.35.